The van der Waals surface area contributed by atoms with Crippen molar-refractivity contribution in [2.45, 2.75) is 13.5 Å². The summed E-state index contributed by atoms with van der Waals surface area (Å²) < 4.78 is 6.09. The van der Waals surface area contributed by atoms with Crippen molar-refractivity contribution >= 4 is 27.7 Å². The van der Waals surface area contributed by atoms with Gasteiger partial charge in [-0.1, -0.05) is 29.8 Å². The van der Waals surface area contributed by atoms with Crippen LogP contribution in [-0.4, -0.2) is 17.5 Å². The van der Waals surface area contributed by atoms with E-state index in [4.69, 9.17) is 4.74 Å². The van der Waals surface area contributed by atoms with Gasteiger partial charge in [-0.2, -0.15) is 0 Å². The van der Waals surface area contributed by atoms with Crippen LogP contribution in [0.25, 0.3) is 0 Å². The summed E-state index contributed by atoms with van der Waals surface area (Å²) in [6, 6.07) is 11.7. The number of hydrogen-bond donors (Lipinski definition) is 0. The molecule has 0 atom stereocenters. The van der Waals surface area contributed by atoms with Gasteiger partial charge >= 0.3 is 0 Å². The Morgan fingerprint density at radius 2 is 2.20 bits per heavy atom. The number of ether oxygens (including phenoxy) is 1. The number of nitrogens with zero attached hydrogens (tertiary/aromatic N) is 2. The van der Waals surface area contributed by atoms with E-state index >= 15 is 0 Å². The maximum Gasteiger partial charge on any atom is 0.266 e. The second-order valence-corrected chi connectivity index (χ2v) is 5.53. The van der Waals surface area contributed by atoms with Crippen molar-refractivity contribution < 1.29 is 9.53 Å². The highest BCUT2D eigenvalue weighted by Crippen LogP contribution is 2.32. The van der Waals surface area contributed by atoms with E-state index in [2.05, 4.69) is 27.0 Å². The summed E-state index contributed by atoms with van der Waals surface area (Å²) in [5, 5.41) is 0. The second kappa shape index (κ2) is 5.25. The van der Waals surface area contributed by atoms with Crippen LogP contribution in [0.2, 0.25) is 0 Å². The minimum absolute atomic E-state index is 0.0577. The van der Waals surface area contributed by atoms with Gasteiger partial charge < -0.3 is 4.74 Å². The normalized spacial score (nSPS) is 13.9. The molecule has 0 fully saturated rings. The fourth-order valence-corrected chi connectivity index (χ4v) is 2.51. The SMILES string of the molecule is Cc1cccc(CN2C(=O)COc3ccc(Br)nc32)c1. The van der Waals surface area contributed by atoms with Crippen molar-refractivity contribution in [3.63, 3.8) is 0 Å². The number of halogens is 1. The van der Waals surface area contributed by atoms with E-state index in [0.717, 1.165) is 5.56 Å². The number of aryl methyl sites for hydroxylation is 1. The summed E-state index contributed by atoms with van der Waals surface area (Å²) in [6.07, 6.45) is 0. The minimum atomic E-state index is -0.0791. The predicted molar refractivity (Wildman–Crippen MR) is 79.8 cm³/mol. The fourth-order valence-electron chi connectivity index (χ4n) is 2.21. The molecule has 0 saturated heterocycles. The highest BCUT2D eigenvalue weighted by Gasteiger charge is 2.27. The van der Waals surface area contributed by atoms with E-state index in [1.54, 1.807) is 11.0 Å². The Hall–Kier alpha value is -1.88. The molecule has 20 heavy (non-hydrogen) atoms. The van der Waals surface area contributed by atoms with Gasteiger partial charge in [-0.15, -0.1) is 0 Å². The lowest BCUT2D eigenvalue weighted by molar-refractivity contribution is -0.121. The van der Waals surface area contributed by atoms with Crippen LogP contribution in [0.15, 0.2) is 41.0 Å². The van der Waals surface area contributed by atoms with Crippen LogP contribution in [0.1, 0.15) is 11.1 Å². The molecule has 0 spiro atoms. The lowest BCUT2D eigenvalue weighted by Gasteiger charge is -2.28. The number of rotatable bonds is 2. The van der Waals surface area contributed by atoms with Crippen molar-refractivity contribution in [1.29, 1.82) is 0 Å². The average Bonchev–Trinajstić information content (AvgIpc) is 2.42. The summed E-state index contributed by atoms with van der Waals surface area (Å²) in [5.74, 6) is 1.13. The molecule has 1 amide bonds. The molecule has 0 N–H and O–H groups in total. The van der Waals surface area contributed by atoms with E-state index in [-0.39, 0.29) is 12.5 Å². The number of carbonyl (C=O) groups excluding carboxylic acids is 1. The highest BCUT2D eigenvalue weighted by atomic mass is 79.9. The number of hydrogen-bond acceptors (Lipinski definition) is 3. The molecular weight excluding hydrogens is 320 g/mol. The van der Waals surface area contributed by atoms with E-state index in [1.165, 1.54) is 5.56 Å². The first-order chi connectivity index (χ1) is 9.63. The third kappa shape index (κ3) is 2.54. The van der Waals surface area contributed by atoms with Crippen LogP contribution in [0.4, 0.5) is 5.82 Å². The lowest BCUT2D eigenvalue weighted by Crippen LogP contribution is -2.38. The summed E-state index contributed by atoms with van der Waals surface area (Å²) in [4.78, 5) is 18.1. The molecule has 2 heterocycles. The molecule has 1 aromatic carbocycles. The number of pyridine rings is 1. The molecular formula is C15H13BrN2O2. The molecule has 0 aliphatic carbocycles. The molecule has 0 radical (unpaired) electrons. The highest BCUT2D eigenvalue weighted by molar-refractivity contribution is 9.10. The number of fused-ring (bicyclic) bond motifs is 1. The van der Waals surface area contributed by atoms with Gasteiger partial charge in [-0.05, 0) is 40.5 Å². The van der Waals surface area contributed by atoms with E-state index in [0.29, 0.717) is 22.7 Å². The summed E-state index contributed by atoms with van der Waals surface area (Å²) >= 11 is 3.33. The third-order valence-corrected chi connectivity index (χ3v) is 3.58. The van der Waals surface area contributed by atoms with Crippen molar-refractivity contribution in [1.82, 2.24) is 4.98 Å². The lowest BCUT2D eigenvalue weighted by atomic mass is 10.1. The number of anilines is 1. The molecule has 102 valence electrons. The Morgan fingerprint density at radius 3 is 3.00 bits per heavy atom. The Balaban J connectivity index is 1.97. The van der Waals surface area contributed by atoms with Crippen molar-refractivity contribution in [2.75, 3.05) is 11.5 Å². The van der Waals surface area contributed by atoms with Gasteiger partial charge in [-0.25, -0.2) is 4.98 Å². The van der Waals surface area contributed by atoms with E-state index < -0.39 is 0 Å². The van der Waals surface area contributed by atoms with Crippen LogP contribution in [0.3, 0.4) is 0 Å². The number of amides is 1. The molecule has 3 rings (SSSR count). The molecule has 5 heteroatoms. The van der Waals surface area contributed by atoms with Crippen LogP contribution in [0.5, 0.6) is 5.75 Å². The van der Waals surface area contributed by atoms with Gasteiger partial charge in [0.25, 0.3) is 5.91 Å². The topological polar surface area (TPSA) is 42.4 Å². The fraction of sp³-hybridized carbons (Fsp3) is 0.200. The zero-order valence-electron chi connectivity index (χ0n) is 11.0. The van der Waals surface area contributed by atoms with Crippen LogP contribution in [0, 0.1) is 6.92 Å². The van der Waals surface area contributed by atoms with Gasteiger partial charge in [0.2, 0.25) is 0 Å². The first-order valence-corrected chi connectivity index (χ1v) is 7.08. The Bertz CT molecular complexity index is 673. The molecule has 4 nitrogen and oxygen atoms in total. The molecule has 1 aliphatic heterocycles. The van der Waals surface area contributed by atoms with Gasteiger partial charge in [0, 0.05) is 0 Å². The summed E-state index contributed by atoms with van der Waals surface area (Å²) in [7, 11) is 0. The number of benzene rings is 1. The van der Waals surface area contributed by atoms with Gasteiger partial charge in [0.15, 0.2) is 18.2 Å². The van der Waals surface area contributed by atoms with Crippen molar-refractivity contribution in [3.8, 4) is 5.75 Å². The monoisotopic (exact) mass is 332 g/mol. The maximum absolute atomic E-state index is 12.1. The van der Waals surface area contributed by atoms with Crippen LogP contribution in [-0.2, 0) is 11.3 Å². The number of aromatic nitrogens is 1. The Labute approximate surface area is 125 Å². The molecule has 0 unspecified atom stereocenters. The molecule has 0 saturated carbocycles. The predicted octanol–water partition coefficient (Wildman–Crippen LogP) is 3.08. The van der Waals surface area contributed by atoms with Crippen LogP contribution >= 0.6 is 15.9 Å². The van der Waals surface area contributed by atoms with Crippen LogP contribution < -0.4 is 9.64 Å². The first-order valence-electron chi connectivity index (χ1n) is 6.29. The summed E-state index contributed by atoms with van der Waals surface area (Å²) in [6.45, 7) is 2.59. The third-order valence-electron chi connectivity index (χ3n) is 3.14. The first kappa shape index (κ1) is 13.1. The zero-order valence-corrected chi connectivity index (χ0v) is 12.6. The smallest absolute Gasteiger partial charge is 0.266 e. The quantitative estimate of drug-likeness (QED) is 0.793. The van der Waals surface area contributed by atoms with Crippen molar-refractivity contribution in [2.24, 2.45) is 0 Å². The average molecular weight is 333 g/mol. The number of carbonyl (C=O) groups is 1. The molecule has 2 aromatic rings. The van der Waals surface area contributed by atoms with Gasteiger partial charge in [-0.3, -0.25) is 9.69 Å². The maximum atomic E-state index is 12.1. The second-order valence-electron chi connectivity index (χ2n) is 4.71. The standard InChI is InChI=1S/C15H13BrN2O2/c1-10-3-2-4-11(7-10)8-18-14(19)9-20-12-5-6-13(16)17-15(12)18/h2-7H,8-9H2,1H3. The minimum Gasteiger partial charge on any atom is -0.480 e. The van der Waals surface area contributed by atoms with Gasteiger partial charge in [0.05, 0.1) is 6.54 Å². The van der Waals surface area contributed by atoms with E-state index in [1.807, 2.05) is 31.2 Å². The van der Waals surface area contributed by atoms with Gasteiger partial charge in [0.1, 0.15) is 4.60 Å². The Morgan fingerprint density at radius 1 is 1.35 bits per heavy atom. The summed E-state index contributed by atoms with van der Waals surface area (Å²) in [5.41, 5.74) is 2.25. The Kier molecular flexibility index (Phi) is 3.44. The molecule has 0 bridgehead atoms. The molecule has 1 aliphatic rings. The largest absolute Gasteiger partial charge is 0.480 e. The van der Waals surface area contributed by atoms with E-state index in [9.17, 15) is 4.79 Å². The van der Waals surface area contributed by atoms with Crippen molar-refractivity contribution in [3.05, 3.63) is 52.1 Å². The zero-order chi connectivity index (χ0) is 14.1. The molecule has 1 aromatic heterocycles.